The summed E-state index contributed by atoms with van der Waals surface area (Å²) in [6.07, 6.45) is 1.58. The fourth-order valence-electron chi connectivity index (χ4n) is 4.10. The van der Waals surface area contributed by atoms with Crippen LogP contribution in [0.1, 0.15) is 37.5 Å². The van der Waals surface area contributed by atoms with Gasteiger partial charge in [-0.1, -0.05) is 51.1 Å². The lowest BCUT2D eigenvalue weighted by molar-refractivity contribution is -0.385. The number of carbonyl (C=O) groups is 2. The van der Waals surface area contributed by atoms with E-state index in [0.29, 0.717) is 28.1 Å². The zero-order chi connectivity index (χ0) is 29.7. The molecule has 0 aromatic heterocycles. The van der Waals surface area contributed by atoms with Crippen molar-refractivity contribution in [3.8, 4) is 17.2 Å². The van der Waals surface area contributed by atoms with Crippen LogP contribution in [-0.2, 0) is 16.8 Å². The van der Waals surface area contributed by atoms with Crippen LogP contribution >= 0.6 is 27.7 Å². The Morgan fingerprint density at radius 2 is 1.71 bits per heavy atom. The van der Waals surface area contributed by atoms with E-state index >= 15 is 0 Å². The molecular weight excluding hydrogens is 612 g/mol. The molecule has 4 rings (SSSR count). The second-order valence-electron chi connectivity index (χ2n) is 10.2. The lowest BCUT2D eigenvalue weighted by Crippen LogP contribution is -2.27. The quantitative estimate of drug-likeness (QED) is 0.0979. The number of para-hydroxylation sites is 1. The minimum Gasteiger partial charge on any atom is -0.493 e. The van der Waals surface area contributed by atoms with Gasteiger partial charge in [0.2, 0.25) is 0 Å². The number of nitro groups is 1. The van der Waals surface area contributed by atoms with E-state index in [9.17, 15) is 19.7 Å². The van der Waals surface area contributed by atoms with Gasteiger partial charge in [-0.05, 0) is 74.6 Å². The Morgan fingerprint density at radius 3 is 2.37 bits per heavy atom. The number of hydrogen-bond acceptors (Lipinski definition) is 8. The predicted molar refractivity (Wildman–Crippen MR) is 161 cm³/mol. The van der Waals surface area contributed by atoms with Gasteiger partial charge in [-0.25, -0.2) is 0 Å². The van der Waals surface area contributed by atoms with Gasteiger partial charge in [0.25, 0.3) is 16.8 Å². The standard InChI is InChI=1S/C30H29BrN2O7S/c1-30(2,3)21-9-11-22(12-10-21)39-13-14-40-27-23(31)15-19(16-25(27)38-4)17-26-28(34)32(29(35)41-26)18-20-7-5-6-8-24(20)33(36)37/h5-12,15-17H,13-14,18H2,1-4H3/b26-17-. The minimum absolute atomic E-state index is 0.0660. The maximum atomic E-state index is 13.0. The Labute approximate surface area is 250 Å². The molecule has 0 atom stereocenters. The molecule has 0 bridgehead atoms. The van der Waals surface area contributed by atoms with Crippen molar-refractivity contribution in [1.82, 2.24) is 4.90 Å². The number of nitro benzene ring substituents is 1. The molecule has 0 saturated carbocycles. The van der Waals surface area contributed by atoms with Crippen molar-refractivity contribution in [3.05, 3.63) is 96.8 Å². The molecule has 2 amide bonds. The number of imide groups is 1. The third-order valence-corrected chi connectivity index (χ3v) is 7.76. The maximum absolute atomic E-state index is 13.0. The molecule has 11 heteroatoms. The number of nitrogens with zero attached hydrogens (tertiary/aromatic N) is 2. The zero-order valence-corrected chi connectivity index (χ0v) is 25.4. The first-order chi connectivity index (χ1) is 19.5. The van der Waals surface area contributed by atoms with Gasteiger partial charge in [-0.3, -0.25) is 24.6 Å². The van der Waals surface area contributed by atoms with E-state index in [1.807, 2.05) is 12.1 Å². The van der Waals surface area contributed by atoms with Gasteiger partial charge in [0.15, 0.2) is 11.5 Å². The summed E-state index contributed by atoms with van der Waals surface area (Å²) in [6.45, 7) is 6.86. The van der Waals surface area contributed by atoms with Gasteiger partial charge in [-0.15, -0.1) is 0 Å². The highest BCUT2D eigenvalue weighted by molar-refractivity contribution is 9.10. The fourth-order valence-corrected chi connectivity index (χ4v) is 5.51. The molecule has 0 radical (unpaired) electrons. The molecule has 1 heterocycles. The number of ether oxygens (including phenoxy) is 3. The minimum atomic E-state index is -0.534. The molecule has 0 spiro atoms. The Hall–Kier alpha value is -3.83. The van der Waals surface area contributed by atoms with Crippen molar-refractivity contribution >= 4 is 50.6 Å². The number of thioether (sulfide) groups is 1. The maximum Gasteiger partial charge on any atom is 0.293 e. The van der Waals surface area contributed by atoms with E-state index in [4.69, 9.17) is 14.2 Å². The molecule has 9 nitrogen and oxygen atoms in total. The van der Waals surface area contributed by atoms with Gasteiger partial charge in [0.1, 0.15) is 19.0 Å². The first-order valence-electron chi connectivity index (χ1n) is 12.7. The monoisotopic (exact) mass is 640 g/mol. The van der Waals surface area contributed by atoms with E-state index in [2.05, 4.69) is 48.8 Å². The first kappa shape index (κ1) is 30.1. The Kier molecular flexibility index (Phi) is 9.39. The second-order valence-corrected chi connectivity index (χ2v) is 12.0. The summed E-state index contributed by atoms with van der Waals surface area (Å²) in [5.41, 5.74) is 2.02. The average molecular weight is 642 g/mol. The van der Waals surface area contributed by atoms with Crippen LogP contribution in [-0.4, -0.2) is 41.3 Å². The Morgan fingerprint density at radius 1 is 1.02 bits per heavy atom. The number of rotatable bonds is 10. The van der Waals surface area contributed by atoms with E-state index in [-0.39, 0.29) is 34.7 Å². The van der Waals surface area contributed by atoms with Crippen LogP contribution in [0.4, 0.5) is 10.5 Å². The van der Waals surface area contributed by atoms with Crippen LogP contribution in [0.25, 0.3) is 6.08 Å². The molecule has 0 unspecified atom stereocenters. The van der Waals surface area contributed by atoms with Gasteiger partial charge < -0.3 is 14.2 Å². The number of amides is 2. The van der Waals surface area contributed by atoms with E-state index in [0.717, 1.165) is 22.4 Å². The average Bonchev–Trinajstić information content (AvgIpc) is 3.18. The third-order valence-electron chi connectivity index (χ3n) is 6.26. The Balaban J connectivity index is 1.42. The molecule has 41 heavy (non-hydrogen) atoms. The van der Waals surface area contributed by atoms with E-state index in [1.54, 1.807) is 24.3 Å². The van der Waals surface area contributed by atoms with Gasteiger partial charge in [-0.2, -0.15) is 0 Å². The zero-order valence-electron chi connectivity index (χ0n) is 23.0. The molecular formula is C30H29BrN2O7S. The number of hydrogen-bond donors (Lipinski definition) is 0. The number of methoxy groups -OCH3 is 1. The third kappa shape index (κ3) is 7.28. The lowest BCUT2D eigenvalue weighted by Gasteiger charge is -2.19. The summed E-state index contributed by atoms with van der Waals surface area (Å²) in [6, 6.07) is 17.5. The molecule has 1 aliphatic heterocycles. The van der Waals surface area contributed by atoms with Crippen molar-refractivity contribution in [2.45, 2.75) is 32.7 Å². The summed E-state index contributed by atoms with van der Waals surface area (Å²) < 4.78 is 17.9. The van der Waals surface area contributed by atoms with Gasteiger partial charge in [0.05, 0.1) is 28.0 Å². The van der Waals surface area contributed by atoms with Crippen LogP contribution in [0.3, 0.4) is 0 Å². The highest BCUT2D eigenvalue weighted by Crippen LogP contribution is 2.39. The smallest absolute Gasteiger partial charge is 0.293 e. The van der Waals surface area contributed by atoms with Crippen molar-refractivity contribution < 1.29 is 28.7 Å². The van der Waals surface area contributed by atoms with Crippen molar-refractivity contribution in [2.75, 3.05) is 20.3 Å². The molecule has 1 fully saturated rings. The number of benzene rings is 3. The normalized spacial score (nSPS) is 14.5. The molecule has 0 N–H and O–H groups in total. The van der Waals surface area contributed by atoms with Crippen LogP contribution in [0.2, 0.25) is 0 Å². The molecule has 1 saturated heterocycles. The molecule has 214 valence electrons. The molecule has 3 aromatic carbocycles. The molecule has 1 aliphatic rings. The van der Waals surface area contributed by atoms with Crippen molar-refractivity contribution in [3.63, 3.8) is 0 Å². The first-order valence-corrected chi connectivity index (χ1v) is 14.3. The van der Waals surface area contributed by atoms with E-state index < -0.39 is 16.1 Å². The van der Waals surface area contributed by atoms with E-state index in [1.165, 1.54) is 30.9 Å². The predicted octanol–water partition coefficient (Wildman–Crippen LogP) is 7.36. The number of halogens is 1. The van der Waals surface area contributed by atoms with Crippen molar-refractivity contribution in [2.24, 2.45) is 0 Å². The van der Waals surface area contributed by atoms with Gasteiger partial charge >= 0.3 is 0 Å². The lowest BCUT2D eigenvalue weighted by atomic mass is 9.87. The van der Waals surface area contributed by atoms with Crippen LogP contribution in [0, 0.1) is 10.1 Å². The highest BCUT2D eigenvalue weighted by Gasteiger charge is 2.36. The highest BCUT2D eigenvalue weighted by atomic mass is 79.9. The Bertz CT molecular complexity index is 1500. The SMILES string of the molecule is COc1cc(/C=C2\SC(=O)N(Cc3ccccc3[N+](=O)[O-])C2=O)cc(Br)c1OCCOc1ccc(C(C)(C)C)cc1. The summed E-state index contributed by atoms with van der Waals surface area (Å²) in [7, 11) is 1.51. The summed E-state index contributed by atoms with van der Waals surface area (Å²) in [4.78, 5) is 37.7. The fraction of sp³-hybridized carbons (Fsp3) is 0.267. The van der Waals surface area contributed by atoms with Gasteiger partial charge in [0, 0.05) is 11.6 Å². The van der Waals surface area contributed by atoms with Crippen molar-refractivity contribution in [1.29, 1.82) is 0 Å². The van der Waals surface area contributed by atoms with Crippen LogP contribution in [0.15, 0.2) is 70.0 Å². The summed E-state index contributed by atoms with van der Waals surface area (Å²) >= 11 is 4.28. The van der Waals surface area contributed by atoms with Crippen LogP contribution in [0.5, 0.6) is 17.2 Å². The largest absolute Gasteiger partial charge is 0.493 e. The molecule has 3 aromatic rings. The van der Waals surface area contributed by atoms with Crippen LogP contribution < -0.4 is 14.2 Å². The molecule has 0 aliphatic carbocycles. The topological polar surface area (TPSA) is 108 Å². The second kappa shape index (κ2) is 12.8. The summed E-state index contributed by atoms with van der Waals surface area (Å²) in [5.74, 6) is 1.13. The summed E-state index contributed by atoms with van der Waals surface area (Å²) in [5, 5.41) is 10.8. The number of carbonyl (C=O) groups excluding carboxylic acids is 2.